The first kappa shape index (κ1) is 16.6. The van der Waals surface area contributed by atoms with E-state index in [1.54, 1.807) is 6.08 Å². The minimum absolute atomic E-state index is 0.567. The summed E-state index contributed by atoms with van der Waals surface area (Å²) < 4.78 is 11.3. The summed E-state index contributed by atoms with van der Waals surface area (Å²) in [5.41, 5.74) is 1.19. The van der Waals surface area contributed by atoms with Crippen molar-refractivity contribution in [2.24, 2.45) is 0 Å². The Morgan fingerprint density at radius 1 is 1.20 bits per heavy atom. The van der Waals surface area contributed by atoms with Gasteiger partial charge in [-0.2, -0.15) is 0 Å². The van der Waals surface area contributed by atoms with Crippen molar-refractivity contribution in [2.75, 3.05) is 18.5 Å². The van der Waals surface area contributed by atoms with Gasteiger partial charge in [-0.25, -0.2) is 0 Å². The third-order valence-corrected chi connectivity index (χ3v) is 2.89. The molecule has 0 amide bonds. The average molecular weight is 337 g/mol. The van der Waals surface area contributed by atoms with E-state index in [2.05, 4.69) is 28.6 Å². The summed E-state index contributed by atoms with van der Waals surface area (Å²) in [4.78, 5) is 0. The molecule has 0 N–H and O–H groups in total. The molecule has 0 spiro atoms. The molecular formula is C17H21BrO2. The maximum Gasteiger partial charge on any atom is 0.120 e. The van der Waals surface area contributed by atoms with Crippen LogP contribution >= 0.6 is 15.9 Å². The summed E-state index contributed by atoms with van der Waals surface area (Å²) >= 11 is 3.33. The lowest BCUT2D eigenvalue weighted by atomic mass is 10.2. The fraction of sp³-hybridized carbons (Fsp3) is 0.294. The molecule has 0 saturated heterocycles. The van der Waals surface area contributed by atoms with Gasteiger partial charge in [0.1, 0.15) is 18.1 Å². The van der Waals surface area contributed by atoms with E-state index in [1.807, 2.05) is 43.3 Å². The maximum absolute atomic E-state index is 5.76. The molecule has 0 heterocycles. The molecule has 0 atom stereocenters. The molecule has 0 aliphatic heterocycles. The number of rotatable bonds is 9. The zero-order valence-electron chi connectivity index (χ0n) is 11.8. The molecule has 0 radical (unpaired) electrons. The van der Waals surface area contributed by atoms with Crippen molar-refractivity contribution in [2.45, 2.75) is 13.3 Å². The van der Waals surface area contributed by atoms with Crippen LogP contribution < -0.4 is 9.47 Å². The van der Waals surface area contributed by atoms with Gasteiger partial charge in [0.25, 0.3) is 0 Å². The van der Waals surface area contributed by atoms with Crippen LogP contribution in [0, 0.1) is 0 Å². The van der Waals surface area contributed by atoms with E-state index >= 15 is 0 Å². The van der Waals surface area contributed by atoms with E-state index in [1.165, 1.54) is 5.57 Å². The lowest BCUT2D eigenvalue weighted by Gasteiger charge is -2.09. The van der Waals surface area contributed by atoms with Gasteiger partial charge in [-0.15, -0.1) is 0 Å². The van der Waals surface area contributed by atoms with Crippen molar-refractivity contribution >= 4 is 15.9 Å². The van der Waals surface area contributed by atoms with Gasteiger partial charge in [-0.3, -0.25) is 0 Å². The Morgan fingerprint density at radius 3 is 2.40 bits per heavy atom. The lowest BCUT2D eigenvalue weighted by molar-refractivity contribution is 0.337. The molecule has 1 rings (SSSR count). The fourth-order valence-corrected chi connectivity index (χ4v) is 1.74. The van der Waals surface area contributed by atoms with E-state index < -0.39 is 0 Å². The summed E-state index contributed by atoms with van der Waals surface area (Å²) in [6.07, 6.45) is 8.81. The van der Waals surface area contributed by atoms with Gasteiger partial charge < -0.3 is 9.47 Å². The van der Waals surface area contributed by atoms with Crippen LogP contribution in [-0.4, -0.2) is 18.5 Å². The monoisotopic (exact) mass is 336 g/mol. The van der Waals surface area contributed by atoms with Gasteiger partial charge in [-0.1, -0.05) is 46.8 Å². The molecule has 108 valence electrons. The van der Waals surface area contributed by atoms with Crippen molar-refractivity contribution in [1.29, 1.82) is 0 Å². The van der Waals surface area contributed by atoms with Gasteiger partial charge >= 0.3 is 0 Å². The first-order valence-electron chi connectivity index (χ1n) is 6.63. The largest absolute Gasteiger partial charge is 0.493 e. The molecule has 0 unspecified atom stereocenters. The highest BCUT2D eigenvalue weighted by atomic mass is 79.9. The van der Waals surface area contributed by atoms with E-state index in [4.69, 9.17) is 9.47 Å². The highest BCUT2D eigenvalue weighted by Gasteiger charge is 1.99. The SMILES string of the molecule is C=C/C=C(\C/C=C\C)COc1ccc(OCCBr)cc1. The number of allylic oxidation sites excluding steroid dienone is 4. The van der Waals surface area contributed by atoms with Crippen LogP contribution in [0.25, 0.3) is 0 Å². The van der Waals surface area contributed by atoms with Crippen LogP contribution in [-0.2, 0) is 0 Å². The quantitative estimate of drug-likeness (QED) is 0.362. The zero-order valence-corrected chi connectivity index (χ0v) is 13.4. The number of ether oxygens (including phenoxy) is 2. The van der Waals surface area contributed by atoms with Gasteiger partial charge in [0.05, 0.1) is 6.61 Å². The maximum atomic E-state index is 5.76. The molecule has 0 bridgehead atoms. The van der Waals surface area contributed by atoms with E-state index in [9.17, 15) is 0 Å². The first-order valence-corrected chi connectivity index (χ1v) is 7.75. The van der Waals surface area contributed by atoms with Crippen LogP contribution in [0.3, 0.4) is 0 Å². The standard InChI is InChI=1S/C17H21BrO2/c1-3-5-7-15(6-4-2)14-20-17-10-8-16(9-11-17)19-13-12-18/h3-6,8-11H,2,7,12-14H2,1H3/b5-3-,15-6+. The van der Waals surface area contributed by atoms with Gasteiger partial charge in [0.2, 0.25) is 0 Å². The predicted octanol–water partition coefficient (Wildman–Crippen LogP) is 4.92. The normalized spacial score (nSPS) is 11.6. The minimum Gasteiger partial charge on any atom is -0.493 e. The van der Waals surface area contributed by atoms with Crippen molar-refractivity contribution < 1.29 is 9.47 Å². The van der Waals surface area contributed by atoms with Crippen LogP contribution in [0.5, 0.6) is 11.5 Å². The molecule has 0 saturated carbocycles. The summed E-state index contributed by atoms with van der Waals surface area (Å²) in [5, 5.41) is 0.825. The van der Waals surface area contributed by atoms with E-state index in [-0.39, 0.29) is 0 Å². The molecule has 20 heavy (non-hydrogen) atoms. The summed E-state index contributed by atoms with van der Waals surface area (Å²) in [6.45, 7) is 6.97. The van der Waals surface area contributed by atoms with E-state index in [0.717, 1.165) is 23.2 Å². The van der Waals surface area contributed by atoms with E-state index in [0.29, 0.717) is 13.2 Å². The molecule has 3 heteroatoms. The van der Waals surface area contributed by atoms with Crippen molar-refractivity contribution in [1.82, 2.24) is 0 Å². The number of alkyl halides is 1. The second kappa shape index (κ2) is 10.3. The van der Waals surface area contributed by atoms with Crippen molar-refractivity contribution in [3.8, 4) is 11.5 Å². The Hall–Kier alpha value is -1.48. The Kier molecular flexibility index (Phi) is 8.56. The number of hydrogen-bond donors (Lipinski definition) is 0. The predicted molar refractivity (Wildman–Crippen MR) is 88.9 cm³/mol. The Balaban J connectivity index is 2.51. The molecule has 0 aliphatic carbocycles. The smallest absolute Gasteiger partial charge is 0.120 e. The molecule has 0 aromatic heterocycles. The average Bonchev–Trinajstić information content (AvgIpc) is 2.49. The third kappa shape index (κ3) is 6.62. The van der Waals surface area contributed by atoms with Crippen LogP contribution in [0.15, 0.2) is 60.7 Å². The van der Waals surface area contributed by atoms with Crippen molar-refractivity contribution in [3.63, 3.8) is 0 Å². The molecule has 2 nitrogen and oxygen atoms in total. The van der Waals surface area contributed by atoms with Crippen LogP contribution in [0.2, 0.25) is 0 Å². The third-order valence-electron chi connectivity index (χ3n) is 2.56. The first-order chi connectivity index (χ1) is 9.80. The molecule has 0 fully saturated rings. The Morgan fingerprint density at radius 2 is 1.85 bits per heavy atom. The molecular weight excluding hydrogens is 316 g/mol. The Bertz CT molecular complexity index is 447. The number of hydrogen-bond acceptors (Lipinski definition) is 2. The van der Waals surface area contributed by atoms with Gasteiger partial charge in [0, 0.05) is 5.33 Å². The minimum atomic E-state index is 0.567. The molecule has 0 aliphatic rings. The number of benzene rings is 1. The second-order valence-corrected chi connectivity index (χ2v) is 4.92. The van der Waals surface area contributed by atoms with Gasteiger partial charge in [0.15, 0.2) is 0 Å². The van der Waals surface area contributed by atoms with Gasteiger partial charge in [-0.05, 0) is 43.2 Å². The molecule has 1 aromatic carbocycles. The second-order valence-electron chi connectivity index (χ2n) is 4.13. The summed E-state index contributed by atoms with van der Waals surface area (Å²) in [5.74, 6) is 1.69. The molecule has 1 aromatic rings. The zero-order chi connectivity index (χ0) is 14.6. The van der Waals surface area contributed by atoms with Crippen LogP contribution in [0.1, 0.15) is 13.3 Å². The topological polar surface area (TPSA) is 18.5 Å². The highest BCUT2D eigenvalue weighted by Crippen LogP contribution is 2.18. The lowest BCUT2D eigenvalue weighted by Crippen LogP contribution is -2.01. The summed E-state index contributed by atoms with van der Waals surface area (Å²) in [6, 6.07) is 7.68. The van der Waals surface area contributed by atoms with Crippen LogP contribution in [0.4, 0.5) is 0 Å². The number of halogens is 1. The summed E-state index contributed by atoms with van der Waals surface area (Å²) in [7, 11) is 0. The Labute approximate surface area is 129 Å². The fourth-order valence-electron chi connectivity index (χ4n) is 1.58. The van der Waals surface area contributed by atoms with Crippen molar-refractivity contribution in [3.05, 3.63) is 60.7 Å². The highest BCUT2D eigenvalue weighted by molar-refractivity contribution is 9.09.